The first-order valence-electron chi connectivity index (χ1n) is 10.1. The van der Waals surface area contributed by atoms with Gasteiger partial charge < -0.3 is 24.8 Å². The van der Waals surface area contributed by atoms with E-state index in [1.165, 1.54) is 51.4 Å². The molecule has 5 nitrogen and oxygen atoms in total. The SMILES string of the molecule is CCC/C=C/CCCCCCCCCO[C@H]1[C@@H]([C@@H](O)CO)OC[C@H]1O. The molecule has 1 fully saturated rings. The zero-order valence-corrected chi connectivity index (χ0v) is 15.8. The Morgan fingerprint density at radius 3 is 2.36 bits per heavy atom. The number of hydrogen-bond donors (Lipinski definition) is 3. The summed E-state index contributed by atoms with van der Waals surface area (Å²) in [5, 5.41) is 28.5. The minimum atomic E-state index is -1.00. The second kappa shape index (κ2) is 14.7. The van der Waals surface area contributed by atoms with Gasteiger partial charge in [0.2, 0.25) is 0 Å². The second-order valence-electron chi connectivity index (χ2n) is 6.97. The minimum absolute atomic E-state index is 0.153. The van der Waals surface area contributed by atoms with Crippen LogP contribution in [0.15, 0.2) is 12.2 Å². The topological polar surface area (TPSA) is 79.2 Å². The maximum atomic E-state index is 9.85. The highest BCUT2D eigenvalue weighted by Gasteiger charge is 2.40. The standard InChI is InChI=1S/C20H38O5/c1-2-3-4-5-6-7-8-9-10-11-12-13-14-24-20-18(23)16-25-19(20)17(22)15-21/h4-5,17-23H,2-3,6-16H2,1H3/b5-4+/t17-,18+,19+,20+/m0/s1. The second-order valence-corrected chi connectivity index (χ2v) is 6.97. The quantitative estimate of drug-likeness (QED) is 0.310. The molecule has 0 amide bonds. The Bertz CT molecular complexity index is 334. The molecule has 148 valence electrons. The Kier molecular flexibility index (Phi) is 13.3. The summed E-state index contributed by atoms with van der Waals surface area (Å²) < 4.78 is 11.0. The van der Waals surface area contributed by atoms with Crippen molar-refractivity contribution in [2.75, 3.05) is 19.8 Å². The molecule has 5 heteroatoms. The fourth-order valence-corrected chi connectivity index (χ4v) is 3.13. The van der Waals surface area contributed by atoms with E-state index in [0.717, 1.165) is 12.8 Å². The van der Waals surface area contributed by atoms with Crippen LogP contribution in [0, 0.1) is 0 Å². The van der Waals surface area contributed by atoms with E-state index in [-0.39, 0.29) is 13.2 Å². The molecule has 1 aliphatic rings. The number of aliphatic hydroxyl groups is 3. The summed E-state index contributed by atoms with van der Waals surface area (Å²) in [6.45, 7) is 2.53. The van der Waals surface area contributed by atoms with Gasteiger partial charge in [0.25, 0.3) is 0 Å². The van der Waals surface area contributed by atoms with Gasteiger partial charge in [0.15, 0.2) is 0 Å². The lowest BCUT2D eigenvalue weighted by Crippen LogP contribution is -2.42. The van der Waals surface area contributed by atoms with Crippen molar-refractivity contribution >= 4 is 0 Å². The molecule has 1 heterocycles. The molecule has 0 radical (unpaired) electrons. The number of rotatable bonds is 15. The summed E-state index contributed by atoms with van der Waals surface area (Å²) >= 11 is 0. The number of ether oxygens (including phenoxy) is 2. The molecule has 0 unspecified atom stereocenters. The molecule has 0 bridgehead atoms. The van der Waals surface area contributed by atoms with Crippen molar-refractivity contribution < 1.29 is 24.8 Å². The number of allylic oxidation sites excluding steroid dienone is 2. The van der Waals surface area contributed by atoms with E-state index >= 15 is 0 Å². The maximum Gasteiger partial charge on any atom is 0.114 e. The van der Waals surface area contributed by atoms with Gasteiger partial charge in [0.1, 0.15) is 24.4 Å². The molecule has 0 spiro atoms. The molecule has 0 aliphatic carbocycles. The molecule has 0 aromatic carbocycles. The van der Waals surface area contributed by atoms with E-state index < -0.39 is 24.4 Å². The van der Waals surface area contributed by atoms with Crippen LogP contribution in [0.3, 0.4) is 0 Å². The lowest BCUT2D eigenvalue weighted by Gasteiger charge is -2.23. The molecular formula is C20H38O5. The van der Waals surface area contributed by atoms with Crippen molar-refractivity contribution in [2.45, 2.75) is 95.5 Å². The van der Waals surface area contributed by atoms with Gasteiger partial charge in [-0.2, -0.15) is 0 Å². The van der Waals surface area contributed by atoms with Crippen molar-refractivity contribution in [3.05, 3.63) is 12.2 Å². The number of unbranched alkanes of at least 4 members (excludes halogenated alkanes) is 8. The molecule has 3 N–H and O–H groups in total. The highest BCUT2D eigenvalue weighted by Crippen LogP contribution is 2.21. The van der Waals surface area contributed by atoms with Crippen molar-refractivity contribution in [3.63, 3.8) is 0 Å². The Morgan fingerprint density at radius 1 is 1.04 bits per heavy atom. The van der Waals surface area contributed by atoms with Gasteiger partial charge in [-0.1, -0.05) is 57.6 Å². The molecule has 0 saturated carbocycles. The predicted molar refractivity (Wildman–Crippen MR) is 99.6 cm³/mol. The third-order valence-corrected chi connectivity index (χ3v) is 4.68. The summed E-state index contributed by atoms with van der Waals surface area (Å²) in [5.74, 6) is 0. The van der Waals surface area contributed by atoms with Gasteiger partial charge in [-0.3, -0.25) is 0 Å². The van der Waals surface area contributed by atoms with Gasteiger partial charge >= 0.3 is 0 Å². The van der Waals surface area contributed by atoms with Crippen LogP contribution in [0.5, 0.6) is 0 Å². The summed E-state index contributed by atoms with van der Waals surface area (Å²) in [7, 11) is 0. The molecule has 0 aromatic rings. The number of aliphatic hydroxyl groups excluding tert-OH is 3. The highest BCUT2D eigenvalue weighted by atomic mass is 16.6. The molecule has 1 aliphatic heterocycles. The monoisotopic (exact) mass is 358 g/mol. The van der Waals surface area contributed by atoms with Crippen LogP contribution < -0.4 is 0 Å². The van der Waals surface area contributed by atoms with Gasteiger partial charge in [-0.15, -0.1) is 0 Å². The first-order valence-corrected chi connectivity index (χ1v) is 10.1. The van der Waals surface area contributed by atoms with Crippen LogP contribution >= 0.6 is 0 Å². The van der Waals surface area contributed by atoms with Gasteiger partial charge in [-0.05, 0) is 25.7 Å². The van der Waals surface area contributed by atoms with Crippen LogP contribution in [0.4, 0.5) is 0 Å². The third kappa shape index (κ3) is 9.71. The largest absolute Gasteiger partial charge is 0.394 e. The van der Waals surface area contributed by atoms with E-state index in [9.17, 15) is 10.2 Å². The molecule has 4 atom stereocenters. The van der Waals surface area contributed by atoms with Crippen molar-refractivity contribution in [3.8, 4) is 0 Å². The zero-order valence-electron chi connectivity index (χ0n) is 15.8. The van der Waals surface area contributed by atoms with E-state index in [1.807, 2.05) is 0 Å². The fraction of sp³-hybridized carbons (Fsp3) is 0.900. The Balaban J connectivity index is 1.94. The third-order valence-electron chi connectivity index (χ3n) is 4.68. The van der Waals surface area contributed by atoms with Gasteiger partial charge in [0.05, 0.1) is 13.2 Å². The van der Waals surface area contributed by atoms with E-state index in [4.69, 9.17) is 14.6 Å². The maximum absolute atomic E-state index is 9.85. The Labute approximate surface area is 153 Å². The van der Waals surface area contributed by atoms with Crippen LogP contribution in [-0.2, 0) is 9.47 Å². The highest BCUT2D eigenvalue weighted by molar-refractivity contribution is 4.89. The first kappa shape index (κ1) is 22.6. The van der Waals surface area contributed by atoms with E-state index in [0.29, 0.717) is 6.61 Å². The Hall–Kier alpha value is -0.460. The summed E-state index contributed by atoms with van der Waals surface area (Å²) in [6, 6.07) is 0. The molecule has 0 aromatic heterocycles. The molecule has 1 saturated heterocycles. The van der Waals surface area contributed by atoms with Crippen LogP contribution in [0.25, 0.3) is 0 Å². The molecule has 25 heavy (non-hydrogen) atoms. The van der Waals surface area contributed by atoms with Gasteiger partial charge in [-0.25, -0.2) is 0 Å². The normalized spacial score (nSPS) is 25.0. The van der Waals surface area contributed by atoms with E-state index in [1.54, 1.807) is 0 Å². The van der Waals surface area contributed by atoms with E-state index in [2.05, 4.69) is 19.1 Å². The summed E-state index contributed by atoms with van der Waals surface area (Å²) in [4.78, 5) is 0. The van der Waals surface area contributed by atoms with Crippen molar-refractivity contribution in [2.24, 2.45) is 0 Å². The summed E-state index contributed by atoms with van der Waals surface area (Å²) in [6.07, 6.45) is 13.8. The first-order chi connectivity index (χ1) is 12.2. The van der Waals surface area contributed by atoms with Crippen molar-refractivity contribution in [1.82, 2.24) is 0 Å². The number of hydrogen-bond acceptors (Lipinski definition) is 5. The Morgan fingerprint density at radius 2 is 1.68 bits per heavy atom. The van der Waals surface area contributed by atoms with Crippen molar-refractivity contribution in [1.29, 1.82) is 0 Å². The fourth-order valence-electron chi connectivity index (χ4n) is 3.13. The molecular weight excluding hydrogens is 320 g/mol. The smallest absolute Gasteiger partial charge is 0.114 e. The van der Waals surface area contributed by atoms with Crippen LogP contribution in [-0.4, -0.2) is 59.6 Å². The minimum Gasteiger partial charge on any atom is -0.394 e. The summed E-state index contributed by atoms with van der Waals surface area (Å²) in [5.41, 5.74) is 0. The zero-order chi connectivity index (χ0) is 18.3. The average molecular weight is 359 g/mol. The van der Waals surface area contributed by atoms with Crippen LogP contribution in [0.2, 0.25) is 0 Å². The average Bonchev–Trinajstić information content (AvgIpc) is 2.99. The van der Waals surface area contributed by atoms with Gasteiger partial charge in [0, 0.05) is 6.61 Å². The molecule has 1 rings (SSSR count). The van der Waals surface area contributed by atoms with Crippen LogP contribution in [0.1, 0.15) is 71.1 Å². The lowest BCUT2D eigenvalue weighted by molar-refractivity contribution is -0.0938. The lowest BCUT2D eigenvalue weighted by atomic mass is 10.1. The predicted octanol–water partition coefficient (Wildman–Crippen LogP) is 2.96.